The number of likely N-dealkylation sites (tertiary alicyclic amines) is 1. The largest absolute Gasteiger partial charge is 0.360 e. The molecule has 1 aliphatic rings. The van der Waals surface area contributed by atoms with Crippen LogP contribution in [0, 0.1) is 17.2 Å². The summed E-state index contributed by atoms with van der Waals surface area (Å²) >= 11 is 0. The molecule has 0 aromatic carbocycles. The molecule has 0 aromatic heterocycles. The minimum absolute atomic E-state index is 0.755. The molecule has 2 atom stereocenters. The summed E-state index contributed by atoms with van der Waals surface area (Å²) in [6.45, 7) is 8.86. The van der Waals surface area contributed by atoms with Gasteiger partial charge in [-0.15, -0.1) is 0 Å². The van der Waals surface area contributed by atoms with Gasteiger partial charge >= 0.3 is 0 Å². The molecule has 0 saturated carbocycles. The van der Waals surface area contributed by atoms with Gasteiger partial charge in [-0.2, -0.15) is 0 Å². The molecule has 1 aliphatic heterocycles. The van der Waals surface area contributed by atoms with Crippen LogP contribution in [0.15, 0.2) is 0 Å². The molecule has 70 valence electrons. The van der Waals surface area contributed by atoms with E-state index >= 15 is 0 Å². The first-order chi connectivity index (χ1) is 5.65. The Balaban J connectivity index is 2.45. The van der Waals surface area contributed by atoms with Crippen molar-refractivity contribution < 1.29 is 0 Å². The Morgan fingerprint density at radius 2 is 2.08 bits per heavy atom. The third kappa shape index (κ3) is 1.99. The summed E-state index contributed by atoms with van der Waals surface area (Å²) in [7, 11) is 0. The molecule has 12 heavy (non-hydrogen) atoms. The quantitative estimate of drug-likeness (QED) is 0.472. The molecule has 1 saturated heterocycles. The predicted molar refractivity (Wildman–Crippen MR) is 52.5 cm³/mol. The average Bonchev–Trinajstić information content (AvgIpc) is 2.08. The highest BCUT2D eigenvalue weighted by Gasteiger charge is 2.23. The first kappa shape index (κ1) is 9.56. The van der Waals surface area contributed by atoms with Crippen LogP contribution < -0.4 is 0 Å². The first-order valence-electron chi connectivity index (χ1n) is 4.97. The number of piperidine rings is 1. The van der Waals surface area contributed by atoms with Crippen LogP contribution in [0.3, 0.4) is 0 Å². The van der Waals surface area contributed by atoms with Gasteiger partial charge in [0.15, 0.2) is 0 Å². The van der Waals surface area contributed by atoms with Gasteiger partial charge in [-0.05, 0) is 18.3 Å². The van der Waals surface area contributed by atoms with E-state index in [1.165, 1.54) is 6.42 Å². The second-order valence-electron chi connectivity index (χ2n) is 3.99. The maximum atomic E-state index is 7.71. The van der Waals surface area contributed by atoms with Gasteiger partial charge in [0.25, 0.3) is 0 Å². The SMILES string of the molecule is CCC(=N)N1CCC(C)C(C)C1. The fourth-order valence-corrected chi connectivity index (χ4v) is 1.73. The summed E-state index contributed by atoms with van der Waals surface area (Å²) in [5.74, 6) is 2.41. The van der Waals surface area contributed by atoms with Crippen LogP contribution >= 0.6 is 0 Å². The Kier molecular flexibility index (Phi) is 3.12. The van der Waals surface area contributed by atoms with Crippen molar-refractivity contribution in [3.8, 4) is 0 Å². The molecule has 0 spiro atoms. The molecule has 0 aliphatic carbocycles. The highest BCUT2D eigenvalue weighted by atomic mass is 15.2. The Hall–Kier alpha value is -0.530. The summed E-state index contributed by atoms with van der Waals surface area (Å²) in [5, 5.41) is 7.71. The zero-order chi connectivity index (χ0) is 9.14. The minimum Gasteiger partial charge on any atom is -0.360 e. The summed E-state index contributed by atoms with van der Waals surface area (Å²) in [5.41, 5.74) is 0. The molecule has 1 fully saturated rings. The highest BCUT2D eigenvalue weighted by molar-refractivity contribution is 5.78. The van der Waals surface area contributed by atoms with Crippen molar-refractivity contribution in [1.29, 1.82) is 5.41 Å². The molecular formula is C10H20N2. The van der Waals surface area contributed by atoms with Crippen LogP contribution in [0.1, 0.15) is 33.6 Å². The van der Waals surface area contributed by atoms with E-state index in [1.807, 2.05) is 0 Å². The van der Waals surface area contributed by atoms with E-state index in [0.717, 1.165) is 37.2 Å². The van der Waals surface area contributed by atoms with E-state index in [4.69, 9.17) is 5.41 Å². The van der Waals surface area contributed by atoms with Gasteiger partial charge in [0.1, 0.15) is 0 Å². The lowest BCUT2D eigenvalue weighted by Crippen LogP contribution is -2.41. The van der Waals surface area contributed by atoms with Gasteiger partial charge in [0, 0.05) is 19.5 Å². The lowest BCUT2D eigenvalue weighted by Gasteiger charge is -2.36. The molecule has 0 amide bonds. The van der Waals surface area contributed by atoms with Crippen molar-refractivity contribution in [1.82, 2.24) is 4.90 Å². The maximum absolute atomic E-state index is 7.71. The summed E-state index contributed by atoms with van der Waals surface area (Å²) < 4.78 is 0. The molecule has 1 N–H and O–H groups in total. The molecular weight excluding hydrogens is 148 g/mol. The number of amidine groups is 1. The molecule has 0 bridgehead atoms. The Bertz CT molecular complexity index is 165. The normalized spacial score (nSPS) is 30.4. The zero-order valence-electron chi connectivity index (χ0n) is 8.43. The Morgan fingerprint density at radius 3 is 2.58 bits per heavy atom. The van der Waals surface area contributed by atoms with E-state index in [1.54, 1.807) is 0 Å². The van der Waals surface area contributed by atoms with E-state index in [9.17, 15) is 0 Å². The molecule has 1 heterocycles. The van der Waals surface area contributed by atoms with Gasteiger partial charge < -0.3 is 4.90 Å². The van der Waals surface area contributed by atoms with Crippen molar-refractivity contribution in [3.63, 3.8) is 0 Å². The number of rotatable bonds is 1. The number of hydrogen-bond donors (Lipinski definition) is 1. The fourth-order valence-electron chi connectivity index (χ4n) is 1.73. The Morgan fingerprint density at radius 1 is 1.42 bits per heavy atom. The van der Waals surface area contributed by atoms with Crippen LogP contribution in [-0.4, -0.2) is 23.8 Å². The molecule has 0 radical (unpaired) electrons. The van der Waals surface area contributed by atoms with E-state index in [2.05, 4.69) is 25.7 Å². The highest BCUT2D eigenvalue weighted by Crippen LogP contribution is 2.22. The third-order valence-electron chi connectivity index (χ3n) is 3.05. The summed E-state index contributed by atoms with van der Waals surface area (Å²) in [6.07, 6.45) is 2.13. The van der Waals surface area contributed by atoms with E-state index in [-0.39, 0.29) is 0 Å². The van der Waals surface area contributed by atoms with Crippen LogP contribution in [-0.2, 0) is 0 Å². The van der Waals surface area contributed by atoms with Crippen molar-refractivity contribution in [3.05, 3.63) is 0 Å². The van der Waals surface area contributed by atoms with Crippen LogP contribution in [0.25, 0.3) is 0 Å². The average molecular weight is 168 g/mol. The third-order valence-corrected chi connectivity index (χ3v) is 3.05. The molecule has 2 unspecified atom stereocenters. The smallest absolute Gasteiger partial charge is 0.0954 e. The fraction of sp³-hybridized carbons (Fsp3) is 0.900. The lowest BCUT2D eigenvalue weighted by atomic mass is 9.88. The zero-order valence-corrected chi connectivity index (χ0v) is 8.43. The second kappa shape index (κ2) is 3.92. The van der Waals surface area contributed by atoms with Gasteiger partial charge in [0.2, 0.25) is 0 Å². The summed E-state index contributed by atoms with van der Waals surface area (Å²) in [6, 6.07) is 0. The van der Waals surface area contributed by atoms with Gasteiger partial charge in [-0.25, -0.2) is 0 Å². The molecule has 0 aromatic rings. The minimum atomic E-state index is 0.755. The monoisotopic (exact) mass is 168 g/mol. The number of hydrogen-bond acceptors (Lipinski definition) is 1. The van der Waals surface area contributed by atoms with Crippen molar-refractivity contribution in [2.75, 3.05) is 13.1 Å². The van der Waals surface area contributed by atoms with Gasteiger partial charge in [-0.1, -0.05) is 20.8 Å². The van der Waals surface area contributed by atoms with Gasteiger partial charge in [-0.3, -0.25) is 5.41 Å². The van der Waals surface area contributed by atoms with E-state index < -0.39 is 0 Å². The standard InChI is InChI=1S/C10H20N2/c1-4-10(11)12-6-5-8(2)9(3)7-12/h8-9,11H,4-7H2,1-3H3. The van der Waals surface area contributed by atoms with Crippen LogP contribution in [0.5, 0.6) is 0 Å². The summed E-state index contributed by atoms with van der Waals surface area (Å²) in [4.78, 5) is 2.23. The van der Waals surface area contributed by atoms with Crippen molar-refractivity contribution in [2.24, 2.45) is 11.8 Å². The lowest BCUT2D eigenvalue weighted by molar-refractivity contribution is 0.201. The topological polar surface area (TPSA) is 27.1 Å². The van der Waals surface area contributed by atoms with Crippen LogP contribution in [0.2, 0.25) is 0 Å². The van der Waals surface area contributed by atoms with Crippen LogP contribution in [0.4, 0.5) is 0 Å². The van der Waals surface area contributed by atoms with Gasteiger partial charge in [0.05, 0.1) is 5.84 Å². The number of nitrogens with one attached hydrogen (secondary N) is 1. The molecule has 2 nitrogen and oxygen atoms in total. The van der Waals surface area contributed by atoms with Crippen molar-refractivity contribution >= 4 is 5.84 Å². The molecule has 1 rings (SSSR count). The first-order valence-corrected chi connectivity index (χ1v) is 4.97. The van der Waals surface area contributed by atoms with Crippen molar-refractivity contribution in [2.45, 2.75) is 33.6 Å². The maximum Gasteiger partial charge on any atom is 0.0954 e. The number of nitrogens with zero attached hydrogens (tertiary/aromatic N) is 1. The Labute approximate surface area is 75.5 Å². The van der Waals surface area contributed by atoms with E-state index in [0.29, 0.717) is 0 Å². The predicted octanol–water partition coefficient (Wildman–Crippen LogP) is 2.35. The molecule has 2 heteroatoms. The second-order valence-corrected chi connectivity index (χ2v) is 3.99.